The van der Waals surface area contributed by atoms with E-state index in [1.165, 1.54) is 12.0 Å². The standard InChI is InChI=1S/C15H24N4O/c1-18(2)12-6-7-19(10-12)9-11-4-5-14(20-3)13(8-11)15(16)17/h4-5,8,12H,6-7,9-10H2,1-3H3,(H3,16,17). The van der Waals surface area contributed by atoms with Crippen LogP contribution in [-0.4, -0.2) is 56.0 Å². The Hall–Kier alpha value is -1.59. The fourth-order valence-electron chi connectivity index (χ4n) is 2.70. The number of amidine groups is 1. The molecule has 1 aliphatic rings. The van der Waals surface area contributed by atoms with Gasteiger partial charge in [0.15, 0.2) is 0 Å². The van der Waals surface area contributed by atoms with Crippen LogP contribution in [0.1, 0.15) is 17.5 Å². The van der Waals surface area contributed by atoms with E-state index in [0.717, 1.165) is 19.6 Å². The second-order valence-corrected chi connectivity index (χ2v) is 5.59. The Bertz CT molecular complexity index is 487. The highest BCUT2D eigenvalue weighted by atomic mass is 16.5. The molecule has 0 aliphatic carbocycles. The van der Waals surface area contributed by atoms with Crippen molar-refractivity contribution in [2.45, 2.75) is 19.0 Å². The molecule has 0 bridgehead atoms. The number of nitrogens with two attached hydrogens (primary N) is 1. The fourth-order valence-corrected chi connectivity index (χ4v) is 2.70. The molecule has 5 heteroatoms. The van der Waals surface area contributed by atoms with Crippen molar-refractivity contribution in [3.8, 4) is 5.75 Å². The van der Waals surface area contributed by atoms with Gasteiger partial charge in [0.2, 0.25) is 0 Å². The largest absolute Gasteiger partial charge is 0.496 e. The normalized spacial score (nSPS) is 19.5. The van der Waals surface area contributed by atoms with Crippen molar-refractivity contribution < 1.29 is 4.74 Å². The third kappa shape index (κ3) is 3.29. The monoisotopic (exact) mass is 276 g/mol. The van der Waals surface area contributed by atoms with Gasteiger partial charge in [-0.15, -0.1) is 0 Å². The van der Waals surface area contributed by atoms with Crippen LogP contribution in [0.4, 0.5) is 0 Å². The lowest BCUT2D eigenvalue weighted by molar-refractivity contribution is 0.264. The van der Waals surface area contributed by atoms with Crippen LogP contribution in [0.3, 0.4) is 0 Å². The number of rotatable bonds is 5. The van der Waals surface area contributed by atoms with Crippen LogP contribution < -0.4 is 10.5 Å². The predicted molar refractivity (Wildman–Crippen MR) is 81.4 cm³/mol. The molecule has 110 valence electrons. The Balaban J connectivity index is 2.07. The molecule has 0 radical (unpaired) electrons. The first-order valence-corrected chi connectivity index (χ1v) is 6.91. The van der Waals surface area contributed by atoms with Crippen LogP contribution in [-0.2, 0) is 6.54 Å². The molecule has 1 aromatic carbocycles. The molecule has 1 atom stereocenters. The maximum absolute atomic E-state index is 7.63. The topological polar surface area (TPSA) is 65.6 Å². The van der Waals surface area contributed by atoms with E-state index in [1.54, 1.807) is 7.11 Å². The highest BCUT2D eigenvalue weighted by Crippen LogP contribution is 2.22. The van der Waals surface area contributed by atoms with E-state index >= 15 is 0 Å². The van der Waals surface area contributed by atoms with Gasteiger partial charge in [0.05, 0.1) is 12.7 Å². The minimum absolute atomic E-state index is 0.0521. The van der Waals surface area contributed by atoms with Crippen molar-refractivity contribution in [2.24, 2.45) is 5.73 Å². The number of likely N-dealkylation sites (tertiary alicyclic amines) is 1. The quantitative estimate of drug-likeness (QED) is 0.625. The lowest BCUT2D eigenvalue weighted by Crippen LogP contribution is -2.31. The summed E-state index contributed by atoms with van der Waals surface area (Å²) in [4.78, 5) is 4.73. The average Bonchev–Trinajstić information content (AvgIpc) is 2.87. The molecular weight excluding hydrogens is 252 g/mol. The summed E-state index contributed by atoms with van der Waals surface area (Å²) in [7, 11) is 5.87. The zero-order chi connectivity index (χ0) is 14.7. The van der Waals surface area contributed by atoms with E-state index in [0.29, 0.717) is 17.4 Å². The molecule has 0 amide bonds. The third-order valence-corrected chi connectivity index (χ3v) is 3.94. The summed E-state index contributed by atoms with van der Waals surface area (Å²) in [5.41, 5.74) is 7.46. The summed E-state index contributed by atoms with van der Waals surface area (Å²) >= 11 is 0. The summed E-state index contributed by atoms with van der Waals surface area (Å²) in [6, 6.07) is 6.55. The number of nitrogens with zero attached hydrogens (tertiary/aromatic N) is 2. The Kier molecular flexibility index (Phi) is 4.62. The SMILES string of the molecule is COc1ccc(CN2CCC(N(C)C)C2)cc1C(=N)N. The summed E-state index contributed by atoms with van der Waals surface area (Å²) < 4.78 is 5.24. The van der Waals surface area contributed by atoms with E-state index in [2.05, 4.69) is 23.9 Å². The Morgan fingerprint density at radius 3 is 2.80 bits per heavy atom. The molecule has 0 aromatic heterocycles. The van der Waals surface area contributed by atoms with E-state index in [-0.39, 0.29) is 5.84 Å². The highest BCUT2D eigenvalue weighted by molar-refractivity contribution is 5.97. The van der Waals surface area contributed by atoms with Gasteiger partial charge in [-0.2, -0.15) is 0 Å². The first kappa shape index (κ1) is 14.8. The molecule has 1 unspecified atom stereocenters. The zero-order valence-electron chi connectivity index (χ0n) is 12.5. The van der Waals surface area contributed by atoms with E-state index < -0.39 is 0 Å². The number of ether oxygens (including phenoxy) is 1. The Labute approximate surface area is 120 Å². The maximum Gasteiger partial charge on any atom is 0.129 e. The van der Waals surface area contributed by atoms with Crippen molar-refractivity contribution in [3.05, 3.63) is 29.3 Å². The van der Waals surface area contributed by atoms with E-state index in [1.807, 2.05) is 18.2 Å². The average molecular weight is 276 g/mol. The summed E-state index contributed by atoms with van der Waals surface area (Å²) in [5.74, 6) is 0.713. The van der Waals surface area contributed by atoms with Gasteiger partial charge < -0.3 is 15.4 Å². The van der Waals surface area contributed by atoms with Crippen LogP contribution in [0.2, 0.25) is 0 Å². The molecule has 1 fully saturated rings. The molecule has 0 saturated carbocycles. The predicted octanol–water partition coefficient (Wildman–Crippen LogP) is 1.12. The number of likely N-dealkylation sites (N-methyl/N-ethyl adjacent to an activating group) is 1. The molecular formula is C15H24N4O. The summed E-state index contributed by atoms with van der Waals surface area (Å²) in [5, 5.41) is 7.63. The summed E-state index contributed by atoms with van der Waals surface area (Å²) in [6.45, 7) is 3.10. The van der Waals surface area contributed by atoms with Crippen LogP contribution in [0.15, 0.2) is 18.2 Å². The van der Waals surface area contributed by atoms with Gasteiger partial charge in [0.1, 0.15) is 11.6 Å². The number of nitrogens with one attached hydrogen (secondary N) is 1. The van der Waals surface area contributed by atoms with Gasteiger partial charge in [-0.05, 0) is 38.2 Å². The van der Waals surface area contributed by atoms with Crippen LogP contribution in [0, 0.1) is 5.41 Å². The second-order valence-electron chi connectivity index (χ2n) is 5.59. The van der Waals surface area contributed by atoms with Gasteiger partial charge in [-0.3, -0.25) is 10.3 Å². The molecule has 1 heterocycles. The van der Waals surface area contributed by atoms with Crippen molar-refractivity contribution in [1.29, 1.82) is 5.41 Å². The molecule has 1 saturated heterocycles. The fraction of sp³-hybridized carbons (Fsp3) is 0.533. The Morgan fingerprint density at radius 1 is 1.50 bits per heavy atom. The van der Waals surface area contributed by atoms with Crippen LogP contribution >= 0.6 is 0 Å². The second kappa shape index (κ2) is 6.24. The molecule has 1 aromatic rings. The summed E-state index contributed by atoms with van der Waals surface area (Å²) in [6.07, 6.45) is 1.21. The maximum atomic E-state index is 7.63. The van der Waals surface area contributed by atoms with Crippen molar-refractivity contribution in [1.82, 2.24) is 9.80 Å². The van der Waals surface area contributed by atoms with Crippen molar-refractivity contribution in [3.63, 3.8) is 0 Å². The lowest BCUT2D eigenvalue weighted by Gasteiger charge is -2.20. The van der Waals surface area contributed by atoms with Crippen molar-refractivity contribution in [2.75, 3.05) is 34.3 Å². The first-order valence-electron chi connectivity index (χ1n) is 6.91. The molecule has 0 spiro atoms. The minimum atomic E-state index is 0.0521. The highest BCUT2D eigenvalue weighted by Gasteiger charge is 2.23. The molecule has 5 nitrogen and oxygen atoms in total. The van der Waals surface area contributed by atoms with Crippen molar-refractivity contribution >= 4 is 5.84 Å². The Morgan fingerprint density at radius 2 is 2.25 bits per heavy atom. The number of benzene rings is 1. The lowest BCUT2D eigenvalue weighted by atomic mass is 10.1. The van der Waals surface area contributed by atoms with Gasteiger partial charge in [0, 0.05) is 25.7 Å². The number of methoxy groups -OCH3 is 1. The van der Waals surface area contributed by atoms with E-state index in [4.69, 9.17) is 15.9 Å². The number of hydrogen-bond acceptors (Lipinski definition) is 4. The van der Waals surface area contributed by atoms with Crippen LogP contribution in [0.25, 0.3) is 0 Å². The minimum Gasteiger partial charge on any atom is -0.496 e. The third-order valence-electron chi connectivity index (χ3n) is 3.94. The van der Waals surface area contributed by atoms with Gasteiger partial charge in [0.25, 0.3) is 0 Å². The number of hydrogen-bond donors (Lipinski definition) is 2. The smallest absolute Gasteiger partial charge is 0.129 e. The number of nitrogen functional groups attached to an aromatic ring is 1. The molecule has 20 heavy (non-hydrogen) atoms. The molecule has 2 rings (SSSR count). The molecule has 3 N–H and O–H groups in total. The zero-order valence-corrected chi connectivity index (χ0v) is 12.5. The van der Waals surface area contributed by atoms with Gasteiger partial charge in [-0.25, -0.2) is 0 Å². The van der Waals surface area contributed by atoms with Gasteiger partial charge >= 0.3 is 0 Å². The molecule has 1 aliphatic heterocycles. The first-order chi connectivity index (χ1) is 9.51. The van der Waals surface area contributed by atoms with E-state index in [9.17, 15) is 0 Å². The van der Waals surface area contributed by atoms with Gasteiger partial charge in [-0.1, -0.05) is 6.07 Å². The van der Waals surface area contributed by atoms with Crippen LogP contribution in [0.5, 0.6) is 5.75 Å².